The third kappa shape index (κ3) is 1.77. The highest BCUT2D eigenvalue weighted by molar-refractivity contribution is 6.64. The fourth-order valence-electron chi connectivity index (χ4n) is 1.30. The van der Waals surface area contributed by atoms with Crippen LogP contribution in [0.15, 0.2) is 35.5 Å². The van der Waals surface area contributed by atoms with Gasteiger partial charge in [0.2, 0.25) is 6.10 Å². The summed E-state index contributed by atoms with van der Waals surface area (Å²) in [6.45, 7) is 0. The molecule has 4 heteroatoms. The molecule has 1 aromatic rings. The number of rotatable bonds is 2. The van der Waals surface area contributed by atoms with Gasteiger partial charge < -0.3 is 4.84 Å². The largest absolute Gasteiger partial charge is 0.382 e. The van der Waals surface area contributed by atoms with Gasteiger partial charge in [-0.1, -0.05) is 35.5 Å². The van der Waals surface area contributed by atoms with Crippen molar-refractivity contribution < 1.29 is 9.63 Å². The van der Waals surface area contributed by atoms with Crippen LogP contribution in [0.25, 0.3) is 0 Å². The normalized spacial score (nSPS) is 20.1. The van der Waals surface area contributed by atoms with E-state index in [9.17, 15) is 4.79 Å². The molecule has 0 saturated carbocycles. The molecule has 1 unspecified atom stereocenters. The molecule has 0 spiro atoms. The maximum atomic E-state index is 10.8. The first-order valence-corrected chi connectivity index (χ1v) is 4.62. The van der Waals surface area contributed by atoms with Crippen LogP contribution in [0.4, 0.5) is 0 Å². The Hall–Kier alpha value is -1.35. The van der Waals surface area contributed by atoms with Gasteiger partial charge in [0.05, 0.1) is 5.71 Å². The molecule has 0 fully saturated rings. The Morgan fingerprint density at radius 1 is 1.43 bits per heavy atom. The summed E-state index contributed by atoms with van der Waals surface area (Å²) < 4.78 is 0. The monoisotopic (exact) mass is 209 g/mol. The van der Waals surface area contributed by atoms with Crippen LogP contribution in [0.3, 0.4) is 0 Å². The average molecular weight is 210 g/mol. The molecule has 0 amide bonds. The topological polar surface area (TPSA) is 38.7 Å². The molecule has 1 aromatic carbocycles. The fraction of sp³-hybridized carbons (Fsp3) is 0.200. The van der Waals surface area contributed by atoms with Crippen molar-refractivity contribution in [3.05, 3.63) is 35.9 Å². The molecule has 0 N–H and O–H groups in total. The minimum Gasteiger partial charge on any atom is -0.382 e. The molecule has 72 valence electrons. The van der Waals surface area contributed by atoms with Crippen molar-refractivity contribution in [3.63, 3.8) is 0 Å². The average Bonchev–Trinajstić information content (AvgIpc) is 2.68. The van der Waals surface area contributed by atoms with Gasteiger partial charge in [0.1, 0.15) is 0 Å². The Morgan fingerprint density at radius 3 is 2.71 bits per heavy atom. The van der Waals surface area contributed by atoms with Crippen LogP contribution in [0.2, 0.25) is 0 Å². The Morgan fingerprint density at radius 2 is 2.14 bits per heavy atom. The van der Waals surface area contributed by atoms with E-state index in [-0.39, 0.29) is 0 Å². The van der Waals surface area contributed by atoms with Gasteiger partial charge >= 0.3 is 0 Å². The van der Waals surface area contributed by atoms with Gasteiger partial charge in [-0.3, -0.25) is 4.79 Å². The molecule has 1 aliphatic rings. The summed E-state index contributed by atoms with van der Waals surface area (Å²) in [5.74, 6) is 0. The summed E-state index contributed by atoms with van der Waals surface area (Å²) in [6.07, 6.45) is -0.168. The lowest BCUT2D eigenvalue weighted by Crippen LogP contribution is -2.15. The third-order valence-electron chi connectivity index (χ3n) is 2.03. The van der Waals surface area contributed by atoms with Crippen molar-refractivity contribution in [2.75, 3.05) is 0 Å². The molecule has 1 atom stereocenters. The summed E-state index contributed by atoms with van der Waals surface area (Å²) in [5.41, 5.74) is 1.73. The molecule has 1 aliphatic heterocycles. The molecular weight excluding hydrogens is 202 g/mol. The van der Waals surface area contributed by atoms with Crippen LogP contribution in [0.1, 0.15) is 12.0 Å². The predicted octanol–water partition coefficient (Wildman–Crippen LogP) is 1.95. The first-order valence-electron chi connectivity index (χ1n) is 4.25. The van der Waals surface area contributed by atoms with Crippen LogP contribution in [-0.4, -0.2) is 17.1 Å². The van der Waals surface area contributed by atoms with Crippen LogP contribution in [-0.2, 0) is 9.63 Å². The van der Waals surface area contributed by atoms with Crippen molar-refractivity contribution in [2.45, 2.75) is 12.5 Å². The second-order valence-electron chi connectivity index (χ2n) is 3.01. The van der Waals surface area contributed by atoms with E-state index in [1.165, 1.54) is 0 Å². The summed E-state index contributed by atoms with van der Waals surface area (Å²) in [5, 5.41) is 3.32. The second-order valence-corrected chi connectivity index (χ2v) is 3.38. The number of hydrogen-bond acceptors (Lipinski definition) is 3. The zero-order chi connectivity index (χ0) is 9.97. The van der Waals surface area contributed by atoms with Crippen molar-refractivity contribution in [1.82, 2.24) is 0 Å². The zero-order valence-electron chi connectivity index (χ0n) is 7.31. The van der Waals surface area contributed by atoms with E-state index in [2.05, 4.69) is 5.16 Å². The second kappa shape index (κ2) is 3.80. The zero-order valence-corrected chi connectivity index (χ0v) is 8.07. The van der Waals surface area contributed by atoms with Crippen molar-refractivity contribution in [3.8, 4) is 0 Å². The molecular formula is C10H8ClNO2. The number of hydrogen-bond donors (Lipinski definition) is 0. The van der Waals surface area contributed by atoms with Crippen molar-refractivity contribution in [2.24, 2.45) is 5.16 Å². The highest BCUT2D eigenvalue weighted by Gasteiger charge is 2.27. The van der Waals surface area contributed by atoms with Crippen LogP contribution in [0.5, 0.6) is 0 Å². The standard InChI is InChI=1S/C10H8ClNO2/c11-10(13)9-6-8(12-14-9)7-4-2-1-3-5-7/h1-5,9H,6H2. The first kappa shape index (κ1) is 9.21. The Bertz CT molecular complexity index is 375. The maximum absolute atomic E-state index is 10.8. The van der Waals surface area contributed by atoms with Crippen LogP contribution >= 0.6 is 11.6 Å². The van der Waals surface area contributed by atoms with E-state index in [1.54, 1.807) is 0 Å². The maximum Gasteiger partial charge on any atom is 0.265 e. The molecule has 0 bridgehead atoms. The van der Waals surface area contributed by atoms with Gasteiger partial charge in [0.15, 0.2) is 0 Å². The van der Waals surface area contributed by atoms with Crippen molar-refractivity contribution in [1.29, 1.82) is 0 Å². The van der Waals surface area contributed by atoms with E-state index in [1.807, 2.05) is 30.3 Å². The number of carbonyl (C=O) groups excluding carboxylic acids is 1. The smallest absolute Gasteiger partial charge is 0.265 e. The van der Waals surface area contributed by atoms with Gasteiger partial charge in [0.25, 0.3) is 5.24 Å². The molecule has 1 heterocycles. The lowest BCUT2D eigenvalue weighted by atomic mass is 10.1. The molecule has 0 radical (unpaired) electrons. The van der Waals surface area contributed by atoms with Crippen LogP contribution < -0.4 is 0 Å². The summed E-state index contributed by atoms with van der Waals surface area (Å²) in [7, 11) is 0. The van der Waals surface area contributed by atoms with E-state index < -0.39 is 11.3 Å². The van der Waals surface area contributed by atoms with E-state index in [0.717, 1.165) is 11.3 Å². The van der Waals surface area contributed by atoms with Crippen LogP contribution in [0, 0.1) is 0 Å². The molecule has 0 aromatic heterocycles. The van der Waals surface area contributed by atoms with Gasteiger partial charge in [0, 0.05) is 6.42 Å². The fourth-order valence-corrected chi connectivity index (χ4v) is 1.42. The quantitative estimate of drug-likeness (QED) is 0.699. The SMILES string of the molecule is O=C(Cl)C1CC(c2ccccc2)=NO1. The number of oxime groups is 1. The summed E-state index contributed by atoms with van der Waals surface area (Å²) >= 11 is 5.30. The van der Waals surface area contributed by atoms with Gasteiger partial charge in [-0.2, -0.15) is 0 Å². The Labute approximate surface area is 86.3 Å². The Kier molecular flexibility index (Phi) is 2.50. The van der Waals surface area contributed by atoms with Gasteiger partial charge in [-0.25, -0.2) is 0 Å². The van der Waals surface area contributed by atoms with Crippen molar-refractivity contribution >= 4 is 22.6 Å². The lowest BCUT2D eigenvalue weighted by Gasteiger charge is -1.99. The molecule has 3 nitrogen and oxygen atoms in total. The van der Waals surface area contributed by atoms with E-state index >= 15 is 0 Å². The molecule has 14 heavy (non-hydrogen) atoms. The number of carbonyl (C=O) groups is 1. The highest BCUT2D eigenvalue weighted by atomic mass is 35.5. The summed E-state index contributed by atoms with van der Waals surface area (Å²) in [4.78, 5) is 15.7. The number of nitrogens with zero attached hydrogens (tertiary/aromatic N) is 1. The highest BCUT2D eigenvalue weighted by Crippen LogP contribution is 2.17. The third-order valence-corrected chi connectivity index (χ3v) is 2.27. The van der Waals surface area contributed by atoms with Gasteiger partial charge in [-0.15, -0.1) is 0 Å². The summed E-state index contributed by atoms with van der Waals surface area (Å²) in [6, 6.07) is 9.58. The number of benzene rings is 1. The van der Waals surface area contributed by atoms with Gasteiger partial charge in [-0.05, 0) is 17.2 Å². The first-order chi connectivity index (χ1) is 6.77. The lowest BCUT2D eigenvalue weighted by molar-refractivity contribution is -0.120. The van der Waals surface area contributed by atoms with E-state index in [0.29, 0.717) is 6.42 Å². The minimum atomic E-state index is -0.619. The van der Waals surface area contributed by atoms with E-state index in [4.69, 9.17) is 16.4 Å². The molecule has 0 aliphatic carbocycles. The molecule has 2 rings (SSSR count). The Balaban J connectivity index is 2.13. The predicted molar refractivity (Wildman–Crippen MR) is 53.3 cm³/mol. The molecule has 0 saturated heterocycles. The number of halogens is 1. The minimum absolute atomic E-state index is 0.451.